The van der Waals surface area contributed by atoms with Gasteiger partial charge >= 0.3 is 0 Å². The Morgan fingerprint density at radius 2 is 1.74 bits per heavy atom. The summed E-state index contributed by atoms with van der Waals surface area (Å²) in [6, 6.07) is 11.9. The minimum atomic E-state index is -0.605. The molecule has 2 aromatic rings. The van der Waals surface area contributed by atoms with Gasteiger partial charge in [-0.05, 0) is 55.2 Å². The highest BCUT2D eigenvalue weighted by atomic mass is 35.5. The largest absolute Gasteiger partial charge is 0.497 e. The van der Waals surface area contributed by atoms with E-state index in [9.17, 15) is 9.59 Å². The van der Waals surface area contributed by atoms with Crippen molar-refractivity contribution in [1.82, 2.24) is 10.2 Å². The van der Waals surface area contributed by atoms with Gasteiger partial charge in [-0.3, -0.25) is 9.59 Å². The molecule has 1 N–H and O–H groups in total. The van der Waals surface area contributed by atoms with Crippen molar-refractivity contribution in [3.05, 3.63) is 63.6 Å². The minimum Gasteiger partial charge on any atom is -0.497 e. The number of ether oxygens (including phenoxy) is 1. The van der Waals surface area contributed by atoms with Crippen molar-refractivity contribution in [1.29, 1.82) is 0 Å². The highest BCUT2D eigenvalue weighted by Crippen LogP contribution is 2.24. The van der Waals surface area contributed by atoms with Gasteiger partial charge in [-0.15, -0.1) is 0 Å². The van der Waals surface area contributed by atoms with Gasteiger partial charge in [-0.2, -0.15) is 0 Å². The normalized spacial score (nSPS) is 12.7. The summed E-state index contributed by atoms with van der Waals surface area (Å²) < 4.78 is 5.18. The van der Waals surface area contributed by atoms with Crippen LogP contribution in [0.4, 0.5) is 0 Å². The van der Waals surface area contributed by atoms with Gasteiger partial charge in [0.2, 0.25) is 11.8 Å². The first-order valence-electron chi connectivity index (χ1n) is 10.5. The van der Waals surface area contributed by atoms with E-state index in [-0.39, 0.29) is 30.8 Å². The van der Waals surface area contributed by atoms with Crippen molar-refractivity contribution in [2.75, 3.05) is 7.11 Å². The molecular weight excluding hydrogens is 435 g/mol. The molecule has 31 heavy (non-hydrogen) atoms. The Labute approximate surface area is 194 Å². The van der Waals surface area contributed by atoms with Crippen LogP contribution in [0.2, 0.25) is 10.0 Å². The van der Waals surface area contributed by atoms with E-state index in [4.69, 9.17) is 27.9 Å². The standard InChI is InChI=1S/C24H30Cl2N2O3/c1-5-16(3)27-24(30)22(6-2)28(15-18-9-10-19(25)14-21(18)26)23(29)13-17-7-11-20(31-4)12-8-17/h7-12,14,16,22H,5-6,13,15H2,1-4H3,(H,27,30)/t16-,22+/m1/s1. The Hall–Kier alpha value is -2.24. The molecule has 2 rings (SSSR count). The lowest BCUT2D eigenvalue weighted by Gasteiger charge is -2.32. The first kappa shape index (κ1) is 25.0. The predicted molar refractivity (Wildman–Crippen MR) is 126 cm³/mol. The van der Waals surface area contributed by atoms with Crippen LogP contribution in [0.15, 0.2) is 42.5 Å². The fourth-order valence-corrected chi connectivity index (χ4v) is 3.68. The van der Waals surface area contributed by atoms with E-state index in [2.05, 4.69) is 5.32 Å². The molecule has 0 heterocycles. The van der Waals surface area contributed by atoms with Gasteiger partial charge in [-0.25, -0.2) is 0 Å². The molecular formula is C24H30Cl2N2O3. The number of amides is 2. The molecule has 5 nitrogen and oxygen atoms in total. The Balaban J connectivity index is 2.32. The van der Waals surface area contributed by atoms with Gasteiger partial charge < -0.3 is 15.0 Å². The quantitative estimate of drug-likeness (QED) is 0.520. The molecule has 2 aromatic carbocycles. The van der Waals surface area contributed by atoms with Crippen molar-refractivity contribution < 1.29 is 14.3 Å². The number of rotatable bonds is 10. The predicted octanol–water partition coefficient (Wildman–Crippen LogP) is 5.27. The van der Waals surface area contributed by atoms with Gasteiger partial charge in [0, 0.05) is 22.6 Å². The number of carbonyl (C=O) groups is 2. The second-order valence-corrected chi connectivity index (χ2v) is 8.37. The zero-order chi connectivity index (χ0) is 23.0. The molecule has 0 spiro atoms. The summed E-state index contributed by atoms with van der Waals surface area (Å²) in [5, 5.41) is 3.99. The summed E-state index contributed by atoms with van der Waals surface area (Å²) in [5.74, 6) is 0.410. The van der Waals surface area contributed by atoms with E-state index in [1.807, 2.05) is 45.0 Å². The highest BCUT2D eigenvalue weighted by Gasteiger charge is 2.29. The molecule has 0 bridgehead atoms. The molecule has 0 aliphatic rings. The minimum absolute atomic E-state index is 0.0270. The number of hydrogen-bond acceptors (Lipinski definition) is 3. The molecule has 0 saturated carbocycles. The SMILES string of the molecule is CC[C@@H](C)NC(=O)[C@H](CC)N(Cc1ccc(Cl)cc1Cl)C(=O)Cc1ccc(OC)cc1. The van der Waals surface area contributed by atoms with Crippen LogP contribution in [-0.2, 0) is 22.6 Å². The average Bonchev–Trinajstić information content (AvgIpc) is 2.75. The molecule has 0 saturated heterocycles. The van der Waals surface area contributed by atoms with Gasteiger partial charge in [0.15, 0.2) is 0 Å². The lowest BCUT2D eigenvalue weighted by molar-refractivity contribution is -0.141. The van der Waals surface area contributed by atoms with Crippen molar-refractivity contribution in [2.45, 2.75) is 58.7 Å². The van der Waals surface area contributed by atoms with Gasteiger partial charge in [-0.1, -0.05) is 55.2 Å². The number of methoxy groups -OCH3 is 1. The number of hydrogen-bond donors (Lipinski definition) is 1. The van der Waals surface area contributed by atoms with Crippen LogP contribution in [0.1, 0.15) is 44.7 Å². The van der Waals surface area contributed by atoms with E-state index in [1.165, 1.54) is 0 Å². The summed E-state index contributed by atoms with van der Waals surface area (Å²) in [5.41, 5.74) is 1.58. The maximum atomic E-state index is 13.4. The summed E-state index contributed by atoms with van der Waals surface area (Å²) in [6.07, 6.45) is 1.47. The number of benzene rings is 2. The molecule has 0 aliphatic heterocycles. The topological polar surface area (TPSA) is 58.6 Å². The molecule has 0 unspecified atom stereocenters. The molecule has 0 radical (unpaired) electrons. The third-order valence-electron chi connectivity index (χ3n) is 5.26. The Morgan fingerprint density at radius 1 is 1.06 bits per heavy atom. The molecule has 7 heteroatoms. The van der Waals surface area contributed by atoms with Crippen LogP contribution >= 0.6 is 23.2 Å². The Morgan fingerprint density at radius 3 is 2.29 bits per heavy atom. The van der Waals surface area contributed by atoms with Gasteiger partial charge in [0.05, 0.1) is 13.5 Å². The molecule has 2 amide bonds. The smallest absolute Gasteiger partial charge is 0.243 e. The van der Waals surface area contributed by atoms with E-state index >= 15 is 0 Å². The van der Waals surface area contributed by atoms with Gasteiger partial charge in [0.25, 0.3) is 0 Å². The fourth-order valence-electron chi connectivity index (χ4n) is 3.21. The molecule has 0 aliphatic carbocycles. The zero-order valence-electron chi connectivity index (χ0n) is 18.5. The van der Waals surface area contributed by atoms with Crippen molar-refractivity contribution >= 4 is 35.0 Å². The van der Waals surface area contributed by atoms with E-state index in [0.29, 0.717) is 16.5 Å². The Kier molecular flexibility index (Phi) is 9.66. The van der Waals surface area contributed by atoms with Gasteiger partial charge in [0.1, 0.15) is 11.8 Å². The van der Waals surface area contributed by atoms with Crippen LogP contribution in [-0.4, -0.2) is 35.9 Å². The first-order chi connectivity index (χ1) is 14.8. The van der Waals surface area contributed by atoms with Crippen LogP contribution in [0.3, 0.4) is 0 Å². The van der Waals surface area contributed by atoms with Crippen LogP contribution < -0.4 is 10.1 Å². The summed E-state index contributed by atoms with van der Waals surface area (Å²) in [7, 11) is 1.60. The number of nitrogens with one attached hydrogen (secondary N) is 1. The lowest BCUT2D eigenvalue weighted by Crippen LogP contribution is -2.51. The molecule has 168 valence electrons. The maximum absolute atomic E-state index is 13.4. The lowest BCUT2D eigenvalue weighted by atomic mass is 10.1. The highest BCUT2D eigenvalue weighted by molar-refractivity contribution is 6.35. The second kappa shape index (κ2) is 12.0. The Bertz CT molecular complexity index is 887. The summed E-state index contributed by atoms with van der Waals surface area (Å²) in [4.78, 5) is 27.9. The fraction of sp³-hybridized carbons (Fsp3) is 0.417. The summed E-state index contributed by atoms with van der Waals surface area (Å²) in [6.45, 7) is 6.07. The maximum Gasteiger partial charge on any atom is 0.243 e. The molecule has 2 atom stereocenters. The first-order valence-corrected chi connectivity index (χ1v) is 11.2. The van der Waals surface area contributed by atoms with Crippen molar-refractivity contribution in [3.63, 3.8) is 0 Å². The van der Waals surface area contributed by atoms with Crippen molar-refractivity contribution in [3.8, 4) is 5.75 Å². The molecule has 0 fully saturated rings. The monoisotopic (exact) mass is 464 g/mol. The third-order valence-corrected chi connectivity index (χ3v) is 5.84. The van der Waals surface area contributed by atoms with E-state index in [1.54, 1.807) is 30.2 Å². The van der Waals surface area contributed by atoms with Crippen LogP contribution in [0.5, 0.6) is 5.75 Å². The van der Waals surface area contributed by atoms with E-state index < -0.39 is 6.04 Å². The van der Waals surface area contributed by atoms with Crippen LogP contribution in [0.25, 0.3) is 0 Å². The number of carbonyl (C=O) groups excluding carboxylic acids is 2. The van der Waals surface area contributed by atoms with Crippen LogP contribution in [0, 0.1) is 0 Å². The second-order valence-electron chi connectivity index (χ2n) is 7.52. The number of halogens is 2. The van der Waals surface area contributed by atoms with E-state index in [0.717, 1.165) is 23.3 Å². The zero-order valence-corrected chi connectivity index (χ0v) is 20.0. The molecule has 0 aromatic heterocycles. The number of nitrogens with zero attached hydrogens (tertiary/aromatic N) is 1. The van der Waals surface area contributed by atoms with Crippen molar-refractivity contribution in [2.24, 2.45) is 0 Å². The summed E-state index contributed by atoms with van der Waals surface area (Å²) >= 11 is 12.4. The third kappa shape index (κ3) is 7.15. The average molecular weight is 465 g/mol.